The molecular formula is C23H27NO5S. The Morgan fingerprint density at radius 3 is 2.40 bits per heavy atom. The normalized spacial score (nSPS) is 18.7. The van der Waals surface area contributed by atoms with E-state index in [4.69, 9.17) is 9.47 Å². The van der Waals surface area contributed by atoms with Crippen molar-refractivity contribution in [2.75, 3.05) is 19.7 Å². The minimum Gasteiger partial charge on any atom is -0.494 e. The minimum atomic E-state index is -3.60. The lowest BCUT2D eigenvalue weighted by Gasteiger charge is -2.43. The fourth-order valence-electron chi connectivity index (χ4n) is 4.45. The second kappa shape index (κ2) is 7.71. The highest BCUT2D eigenvalue weighted by Gasteiger charge is 2.45. The number of ketones is 1. The molecule has 2 aliphatic heterocycles. The highest BCUT2D eigenvalue weighted by Crippen LogP contribution is 2.41. The van der Waals surface area contributed by atoms with E-state index in [0.29, 0.717) is 56.0 Å². The molecule has 30 heavy (non-hydrogen) atoms. The molecule has 160 valence electrons. The van der Waals surface area contributed by atoms with E-state index in [1.807, 2.05) is 32.9 Å². The SMILES string of the molecule is CCOc1ccc(S(=O)(=O)N2CCC3(CC2)CC(=O)c2c(C)cc(C)cc2O3)cc1. The first-order valence-electron chi connectivity index (χ1n) is 10.3. The minimum absolute atomic E-state index is 0.0802. The summed E-state index contributed by atoms with van der Waals surface area (Å²) >= 11 is 0. The van der Waals surface area contributed by atoms with Gasteiger partial charge in [-0.25, -0.2) is 8.42 Å². The zero-order valence-electron chi connectivity index (χ0n) is 17.6. The van der Waals surface area contributed by atoms with Crippen LogP contribution in [0.3, 0.4) is 0 Å². The van der Waals surface area contributed by atoms with E-state index in [1.165, 1.54) is 4.31 Å². The molecule has 0 saturated carbocycles. The van der Waals surface area contributed by atoms with Gasteiger partial charge in [0, 0.05) is 25.9 Å². The molecule has 1 spiro atoms. The number of sulfonamides is 1. The molecule has 0 radical (unpaired) electrons. The van der Waals surface area contributed by atoms with Crippen LogP contribution in [0, 0.1) is 13.8 Å². The molecule has 0 bridgehead atoms. The van der Waals surface area contributed by atoms with E-state index in [0.717, 1.165) is 11.1 Å². The van der Waals surface area contributed by atoms with Gasteiger partial charge in [-0.1, -0.05) is 6.07 Å². The third kappa shape index (κ3) is 3.72. The lowest BCUT2D eigenvalue weighted by Crippen LogP contribution is -2.52. The molecule has 6 nitrogen and oxygen atoms in total. The van der Waals surface area contributed by atoms with Crippen molar-refractivity contribution in [3.8, 4) is 11.5 Å². The lowest BCUT2D eigenvalue weighted by atomic mass is 9.82. The van der Waals surface area contributed by atoms with Crippen LogP contribution in [0.1, 0.15) is 47.7 Å². The number of rotatable bonds is 4. The van der Waals surface area contributed by atoms with Crippen LogP contribution in [0.15, 0.2) is 41.3 Å². The summed E-state index contributed by atoms with van der Waals surface area (Å²) < 4.78 is 39.3. The number of nitrogens with zero attached hydrogens (tertiary/aromatic N) is 1. The highest BCUT2D eigenvalue weighted by molar-refractivity contribution is 7.89. The van der Waals surface area contributed by atoms with Crippen molar-refractivity contribution in [3.05, 3.63) is 53.1 Å². The lowest BCUT2D eigenvalue weighted by molar-refractivity contribution is 0.00578. The molecule has 2 aliphatic rings. The van der Waals surface area contributed by atoms with E-state index in [-0.39, 0.29) is 10.7 Å². The number of ether oxygens (including phenoxy) is 2. The summed E-state index contributed by atoms with van der Waals surface area (Å²) in [5.74, 6) is 1.36. The summed E-state index contributed by atoms with van der Waals surface area (Å²) in [7, 11) is -3.60. The van der Waals surface area contributed by atoms with Crippen molar-refractivity contribution in [2.45, 2.75) is 50.5 Å². The summed E-state index contributed by atoms with van der Waals surface area (Å²) in [6.45, 7) is 6.96. The molecule has 0 amide bonds. The van der Waals surface area contributed by atoms with E-state index in [2.05, 4.69) is 0 Å². The Kier molecular flexibility index (Phi) is 5.36. The van der Waals surface area contributed by atoms with Crippen molar-refractivity contribution in [2.24, 2.45) is 0 Å². The summed E-state index contributed by atoms with van der Waals surface area (Å²) in [6, 6.07) is 10.4. The third-order valence-corrected chi connectivity index (χ3v) is 7.85. The van der Waals surface area contributed by atoms with Gasteiger partial charge >= 0.3 is 0 Å². The largest absolute Gasteiger partial charge is 0.494 e. The first-order valence-corrected chi connectivity index (χ1v) is 11.7. The van der Waals surface area contributed by atoms with E-state index < -0.39 is 15.6 Å². The van der Waals surface area contributed by atoms with Crippen molar-refractivity contribution in [1.82, 2.24) is 4.31 Å². The van der Waals surface area contributed by atoms with E-state index in [1.54, 1.807) is 24.3 Å². The zero-order chi connectivity index (χ0) is 21.5. The molecule has 0 aliphatic carbocycles. The predicted molar refractivity (Wildman–Crippen MR) is 114 cm³/mol. The molecule has 7 heteroatoms. The molecular weight excluding hydrogens is 402 g/mol. The van der Waals surface area contributed by atoms with Gasteiger partial charge in [-0.05, 0) is 62.2 Å². The monoisotopic (exact) mass is 429 g/mol. The summed E-state index contributed by atoms with van der Waals surface area (Å²) in [6.07, 6.45) is 1.27. The topological polar surface area (TPSA) is 72.9 Å². The highest BCUT2D eigenvalue weighted by atomic mass is 32.2. The first-order chi connectivity index (χ1) is 14.2. The van der Waals surface area contributed by atoms with Gasteiger partial charge in [0.1, 0.15) is 17.1 Å². The number of benzene rings is 2. The first kappa shape index (κ1) is 20.9. The predicted octanol–water partition coefficient (Wildman–Crippen LogP) is 3.89. The molecule has 0 atom stereocenters. The molecule has 0 unspecified atom stereocenters. The number of hydrogen-bond acceptors (Lipinski definition) is 5. The second-order valence-electron chi connectivity index (χ2n) is 8.15. The van der Waals surface area contributed by atoms with Gasteiger partial charge in [0.05, 0.1) is 23.5 Å². The summed E-state index contributed by atoms with van der Waals surface area (Å²) in [5.41, 5.74) is 2.01. The average Bonchev–Trinajstić information content (AvgIpc) is 2.68. The van der Waals surface area contributed by atoms with Crippen LogP contribution in [-0.4, -0.2) is 43.8 Å². The number of carbonyl (C=O) groups is 1. The number of aryl methyl sites for hydroxylation is 2. The van der Waals surface area contributed by atoms with Crippen LogP contribution in [-0.2, 0) is 10.0 Å². The van der Waals surface area contributed by atoms with Crippen LogP contribution in [0.4, 0.5) is 0 Å². The van der Waals surface area contributed by atoms with Gasteiger partial charge in [0.25, 0.3) is 0 Å². The number of hydrogen-bond donors (Lipinski definition) is 0. The number of fused-ring (bicyclic) bond motifs is 1. The van der Waals surface area contributed by atoms with Gasteiger partial charge < -0.3 is 9.47 Å². The maximum atomic E-state index is 13.1. The summed E-state index contributed by atoms with van der Waals surface area (Å²) in [5, 5.41) is 0. The molecule has 1 fully saturated rings. The smallest absolute Gasteiger partial charge is 0.243 e. The third-order valence-electron chi connectivity index (χ3n) is 5.94. The average molecular weight is 430 g/mol. The van der Waals surface area contributed by atoms with Crippen molar-refractivity contribution >= 4 is 15.8 Å². The number of Topliss-reactive ketones (excluding diaryl/α,β-unsaturated/α-hetero) is 1. The number of carbonyl (C=O) groups excluding carboxylic acids is 1. The van der Waals surface area contributed by atoms with Crippen molar-refractivity contribution in [3.63, 3.8) is 0 Å². The maximum Gasteiger partial charge on any atom is 0.243 e. The summed E-state index contributed by atoms with van der Waals surface area (Å²) in [4.78, 5) is 13.1. The molecule has 2 aromatic rings. The second-order valence-corrected chi connectivity index (χ2v) is 10.1. The van der Waals surface area contributed by atoms with Crippen molar-refractivity contribution in [1.29, 1.82) is 0 Å². The fraction of sp³-hybridized carbons (Fsp3) is 0.435. The molecule has 0 N–H and O–H groups in total. The Labute approximate surface area is 177 Å². The standard InChI is InChI=1S/C23H27NO5S/c1-4-28-18-5-7-19(8-6-18)30(26,27)24-11-9-23(10-12-24)15-20(25)22-17(3)13-16(2)14-21(22)29-23/h5-8,13-14H,4,9-12,15H2,1-3H3. The van der Waals surface area contributed by atoms with Gasteiger partial charge in [-0.2, -0.15) is 4.31 Å². The van der Waals surface area contributed by atoms with Gasteiger partial charge in [-0.15, -0.1) is 0 Å². The quantitative estimate of drug-likeness (QED) is 0.737. The van der Waals surface area contributed by atoms with E-state index in [9.17, 15) is 13.2 Å². The number of piperidine rings is 1. The van der Waals surface area contributed by atoms with Crippen LogP contribution in [0.2, 0.25) is 0 Å². The zero-order valence-corrected chi connectivity index (χ0v) is 18.4. The molecule has 2 aromatic carbocycles. The van der Waals surface area contributed by atoms with Gasteiger partial charge in [-0.3, -0.25) is 4.79 Å². The van der Waals surface area contributed by atoms with Crippen LogP contribution < -0.4 is 9.47 Å². The van der Waals surface area contributed by atoms with Crippen LogP contribution in [0.5, 0.6) is 11.5 Å². The molecule has 4 rings (SSSR count). The van der Waals surface area contributed by atoms with Crippen LogP contribution >= 0.6 is 0 Å². The Morgan fingerprint density at radius 2 is 1.77 bits per heavy atom. The maximum absolute atomic E-state index is 13.1. The Morgan fingerprint density at radius 1 is 1.10 bits per heavy atom. The van der Waals surface area contributed by atoms with Gasteiger partial charge in [0.2, 0.25) is 10.0 Å². The fourth-order valence-corrected chi connectivity index (χ4v) is 5.89. The molecule has 1 saturated heterocycles. The Hall–Kier alpha value is -2.38. The molecule has 0 aromatic heterocycles. The van der Waals surface area contributed by atoms with E-state index >= 15 is 0 Å². The Bertz CT molecular complexity index is 1070. The van der Waals surface area contributed by atoms with Crippen molar-refractivity contribution < 1.29 is 22.7 Å². The molecule has 2 heterocycles. The van der Waals surface area contributed by atoms with Crippen LogP contribution in [0.25, 0.3) is 0 Å². The van der Waals surface area contributed by atoms with Gasteiger partial charge in [0.15, 0.2) is 5.78 Å². The Balaban J connectivity index is 1.51.